The first-order valence-electron chi connectivity index (χ1n) is 12.6. The van der Waals surface area contributed by atoms with E-state index < -0.39 is 0 Å². The summed E-state index contributed by atoms with van der Waals surface area (Å²) in [5.74, 6) is 2.77. The molecule has 2 aromatic carbocycles. The standard InChI is InChI=1S/C19H11N3O2.C14H8N2O2/c20-10-14-11-22-7-5-17(14)19-9-13-8-15(3-4-18(13)24-19)23-16-2-1-6-21-12-16;15-7-10-8-16-4-3-12(10)14-6-9-5-11(17)1-2-13(9)18-14/h1-9,11-12H;1-6,8,17H. The lowest BCUT2D eigenvalue weighted by Crippen LogP contribution is -1.83. The highest BCUT2D eigenvalue weighted by atomic mass is 16.5. The van der Waals surface area contributed by atoms with Gasteiger partial charge in [0.05, 0.1) is 17.3 Å². The van der Waals surface area contributed by atoms with Crippen LogP contribution >= 0.6 is 0 Å². The maximum Gasteiger partial charge on any atom is 0.145 e. The molecule has 0 saturated carbocycles. The number of nitrogens with zero attached hydrogens (tertiary/aromatic N) is 5. The van der Waals surface area contributed by atoms with Gasteiger partial charge in [-0.2, -0.15) is 10.5 Å². The van der Waals surface area contributed by atoms with Crippen molar-refractivity contribution in [2.75, 3.05) is 0 Å². The molecule has 42 heavy (non-hydrogen) atoms. The summed E-state index contributed by atoms with van der Waals surface area (Å²) in [7, 11) is 0. The Morgan fingerprint density at radius 1 is 0.619 bits per heavy atom. The summed E-state index contributed by atoms with van der Waals surface area (Å²) in [5, 5.41) is 29.3. The highest BCUT2D eigenvalue weighted by molar-refractivity contribution is 5.86. The Morgan fingerprint density at radius 2 is 1.21 bits per heavy atom. The van der Waals surface area contributed by atoms with E-state index in [-0.39, 0.29) is 5.75 Å². The van der Waals surface area contributed by atoms with Gasteiger partial charge in [0.15, 0.2) is 0 Å². The lowest BCUT2D eigenvalue weighted by molar-refractivity contribution is 0.476. The number of benzene rings is 2. The number of aromatic hydroxyl groups is 1. The number of ether oxygens (including phenoxy) is 1. The Balaban J connectivity index is 0.000000157. The number of nitriles is 2. The fourth-order valence-electron chi connectivity index (χ4n) is 4.32. The van der Waals surface area contributed by atoms with Crippen molar-refractivity contribution in [2.45, 2.75) is 0 Å². The summed E-state index contributed by atoms with van der Waals surface area (Å²) in [6, 6.07) is 25.5. The van der Waals surface area contributed by atoms with Crippen LogP contribution in [0.15, 0.2) is 119 Å². The number of fused-ring (bicyclic) bond motifs is 2. The molecular formula is C33H19N5O4. The maximum absolute atomic E-state index is 9.41. The molecule has 7 rings (SSSR count). The SMILES string of the molecule is N#Cc1cnccc1-c1cc2cc(O)ccc2o1.N#Cc1cnccc1-c1cc2cc(Oc3cccnc3)ccc2o1. The summed E-state index contributed by atoms with van der Waals surface area (Å²) >= 11 is 0. The fraction of sp³-hybridized carbons (Fsp3) is 0. The third-order valence-corrected chi connectivity index (χ3v) is 6.27. The molecule has 0 unspecified atom stereocenters. The molecule has 0 aliphatic heterocycles. The van der Waals surface area contributed by atoms with Crippen LogP contribution in [0.3, 0.4) is 0 Å². The molecule has 0 aliphatic carbocycles. The minimum atomic E-state index is 0.185. The first-order valence-corrected chi connectivity index (χ1v) is 12.6. The molecule has 200 valence electrons. The van der Waals surface area contributed by atoms with Crippen LogP contribution in [0.25, 0.3) is 44.6 Å². The van der Waals surface area contributed by atoms with Gasteiger partial charge in [-0.15, -0.1) is 0 Å². The van der Waals surface area contributed by atoms with Crippen LogP contribution in [0.5, 0.6) is 17.2 Å². The van der Waals surface area contributed by atoms with Crippen molar-refractivity contribution in [3.05, 3.63) is 121 Å². The average Bonchev–Trinajstić information content (AvgIpc) is 3.65. The second-order valence-electron chi connectivity index (χ2n) is 9.00. The molecule has 0 amide bonds. The molecule has 0 spiro atoms. The van der Waals surface area contributed by atoms with Crippen LogP contribution in [-0.4, -0.2) is 20.1 Å². The molecule has 0 saturated heterocycles. The van der Waals surface area contributed by atoms with Crippen molar-refractivity contribution < 1.29 is 18.7 Å². The fourth-order valence-corrected chi connectivity index (χ4v) is 4.32. The first kappa shape index (κ1) is 25.8. The van der Waals surface area contributed by atoms with Crippen LogP contribution in [-0.2, 0) is 0 Å². The number of phenolic OH excluding ortho intramolecular Hbond substituents is 1. The lowest BCUT2D eigenvalue weighted by atomic mass is 10.1. The summed E-state index contributed by atoms with van der Waals surface area (Å²) in [6.07, 6.45) is 9.63. The Bertz CT molecular complexity index is 2120. The molecule has 0 bridgehead atoms. The lowest BCUT2D eigenvalue weighted by Gasteiger charge is -2.04. The van der Waals surface area contributed by atoms with E-state index in [9.17, 15) is 10.4 Å². The number of pyridine rings is 3. The van der Waals surface area contributed by atoms with Gasteiger partial charge in [0, 0.05) is 52.9 Å². The molecule has 5 aromatic heterocycles. The first-order chi connectivity index (χ1) is 20.6. The van der Waals surface area contributed by atoms with Crippen molar-refractivity contribution in [3.63, 3.8) is 0 Å². The number of aromatic nitrogens is 3. The molecule has 9 heteroatoms. The average molecular weight is 550 g/mol. The van der Waals surface area contributed by atoms with Gasteiger partial charge in [-0.3, -0.25) is 15.0 Å². The van der Waals surface area contributed by atoms with E-state index >= 15 is 0 Å². The normalized spacial score (nSPS) is 10.4. The smallest absolute Gasteiger partial charge is 0.145 e. The van der Waals surface area contributed by atoms with Gasteiger partial charge in [0.25, 0.3) is 0 Å². The molecule has 0 fully saturated rings. The number of hydrogen-bond acceptors (Lipinski definition) is 9. The van der Waals surface area contributed by atoms with E-state index in [0.29, 0.717) is 45.3 Å². The Kier molecular flexibility index (Phi) is 6.97. The topological polar surface area (TPSA) is 142 Å². The zero-order valence-corrected chi connectivity index (χ0v) is 21.8. The summed E-state index contributed by atoms with van der Waals surface area (Å²) in [4.78, 5) is 11.9. The van der Waals surface area contributed by atoms with E-state index in [4.69, 9.17) is 18.8 Å². The van der Waals surface area contributed by atoms with E-state index in [1.807, 2.05) is 36.4 Å². The van der Waals surface area contributed by atoms with Crippen LogP contribution in [0.1, 0.15) is 11.1 Å². The largest absolute Gasteiger partial charge is 0.508 e. The monoisotopic (exact) mass is 549 g/mol. The van der Waals surface area contributed by atoms with Gasteiger partial charge < -0.3 is 18.7 Å². The van der Waals surface area contributed by atoms with Gasteiger partial charge in [-0.25, -0.2) is 0 Å². The third-order valence-electron chi connectivity index (χ3n) is 6.27. The number of rotatable bonds is 4. The molecule has 1 N–H and O–H groups in total. The van der Waals surface area contributed by atoms with Crippen molar-refractivity contribution in [1.82, 2.24) is 15.0 Å². The van der Waals surface area contributed by atoms with E-state index in [1.54, 1.807) is 61.2 Å². The van der Waals surface area contributed by atoms with E-state index in [0.717, 1.165) is 21.9 Å². The summed E-state index contributed by atoms with van der Waals surface area (Å²) in [6.45, 7) is 0. The predicted molar refractivity (Wildman–Crippen MR) is 154 cm³/mol. The van der Waals surface area contributed by atoms with Crippen LogP contribution < -0.4 is 4.74 Å². The number of hydrogen-bond donors (Lipinski definition) is 1. The predicted octanol–water partition coefficient (Wildman–Crippen LogP) is 7.63. The van der Waals surface area contributed by atoms with Crippen LogP contribution in [0.4, 0.5) is 0 Å². The van der Waals surface area contributed by atoms with Crippen molar-refractivity contribution >= 4 is 21.9 Å². The molecule has 0 aliphatic rings. The maximum atomic E-state index is 9.41. The second-order valence-corrected chi connectivity index (χ2v) is 9.00. The highest BCUT2D eigenvalue weighted by Gasteiger charge is 2.12. The van der Waals surface area contributed by atoms with Crippen LogP contribution in [0, 0.1) is 22.7 Å². The molecule has 5 heterocycles. The summed E-state index contributed by atoms with van der Waals surface area (Å²) in [5.41, 5.74) is 3.75. The van der Waals surface area contributed by atoms with E-state index in [2.05, 4.69) is 27.1 Å². The minimum absolute atomic E-state index is 0.185. The third kappa shape index (κ3) is 5.34. The number of furan rings is 2. The van der Waals surface area contributed by atoms with Crippen LogP contribution in [0.2, 0.25) is 0 Å². The quantitative estimate of drug-likeness (QED) is 0.234. The highest BCUT2D eigenvalue weighted by Crippen LogP contribution is 2.33. The molecule has 0 radical (unpaired) electrons. The molecule has 7 aromatic rings. The zero-order chi connectivity index (χ0) is 28.9. The molecular weight excluding hydrogens is 530 g/mol. The van der Waals surface area contributed by atoms with Gasteiger partial charge in [0.1, 0.15) is 52.1 Å². The second kappa shape index (κ2) is 11.3. The van der Waals surface area contributed by atoms with Gasteiger partial charge in [-0.1, -0.05) is 0 Å². The summed E-state index contributed by atoms with van der Waals surface area (Å²) < 4.78 is 17.3. The van der Waals surface area contributed by atoms with Crippen molar-refractivity contribution in [3.8, 4) is 52.0 Å². The van der Waals surface area contributed by atoms with Gasteiger partial charge in [0.2, 0.25) is 0 Å². The molecule has 0 atom stereocenters. The van der Waals surface area contributed by atoms with E-state index in [1.165, 1.54) is 12.4 Å². The Morgan fingerprint density at radius 3 is 1.81 bits per heavy atom. The molecule has 9 nitrogen and oxygen atoms in total. The number of phenols is 1. The zero-order valence-electron chi connectivity index (χ0n) is 21.8. The van der Waals surface area contributed by atoms with Gasteiger partial charge in [-0.05, 0) is 72.8 Å². The van der Waals surface area contributed by atoms with Crippen molar-refractivity contribution in [1.29, 1.82) is 10.5 Å². The van der Waals surface area contributed by atoms with Crippen molar-refractivity contribution in [2.24, 2.45) is 0 Å². The Labute approximate surface area is 239 Å². The minimum Gasteiger partial charge on any atom is -0.508 e. The Hall–Kier alpha value is -6.45. The van der Waals surface area contributed by atoms with Gasteiger partial charge >= 0.3 is 0 Å².